The molecular weight excluding hydrogens is 420 g/mol. The molecule has 0 unspecified atom stereocenters. The van der Waals surface area contributed by atoms with Gasteiger partial charge in [-0.25, -0.2) is 0 Å². The maximum atomic E-state index is 12.4. The van der Waals surface area contributed by atoms with Gasteiger partial charge in [0.2, 0.25) is 5.91 Å². The van der Waals surface area contributed by atoms with Crippen molar-refractivity contribution in [1.82, 2.24) is 9.80 Å². The molecule has 2 aromatic carbocycles. The van der Waals surface area contributed by atoms with Crippen LogP contribution in [0.15, 0.2) is 59.1 Å². The summed E-state index contributed by atoms with van der Waals surface area (Å²) >= 11 is 3.37. The molecule has 1 saturated heterocycles. The minimum Gasteiger partial charge on any atom is -0.484 e. The largest absolute Gasteiger partial charge is 0.484 e. The molecule has 2 amide bonds. The van der Waals surface area contributed by atoms with E-state index in [1.807, 2.05) is 47.4 Å². The highest BCUT2D eigenvalue weighted by Gasteiger charge is 2.24. The number of nitrogens with zero attached hydrogens (tertiary/aromatic N) is 2. The molecule has 0 aliphatic carbocycles. The molecule has 1 fully saturated rings. The van der Waals surface area contributed by atoms with Gasteiger partial charge in [0.1, 0.15) is 5.75 Å². The first-order valence-corrected chi connectivity index (χ1v) is 10.4. The molecule has 0 bridgehead atoms. The number of ether oxygens (including phenoxy) is 1. The van der Waals surface area contributed by atoms with E-state index in [1.54, 1.807) is 4.90 Å². The summed E-state index contributed by atoms with van der Waals surface area (Å²) in [5, 5.41) is 0. The molecule has 28 heavy (non-hydrogen) atoms. The molecule has 148 valence electrons. The summed E-state index contributed by atoms with van der Waals surface area (Å²) in [6, 6.07) is 17.6. The third-order valence-electron chi connectivity index (χ3n) is 4.86. The Morgan fingerprint density at radius 1 is 0.857 bits per heavy atom. The Balaban J connectivity index is 1.35. The van der Waals surface area contributed by atoms with Crippen LogP contribution in [0.1, 0.15) is 18.4 Å². The van der Waals surface area contributed by atoms with Crippen LogP contribution in [-0.2, 0) is 16.0 Å². The van der Waals surface area contributed by atoms with Crippen LogP contribution in [0.5, 0.6) is 5.75 Å². The van der Waals surface area contributed by atoms with Crippen molar-refractivity contribution in [2.24, 2.45) is 0 Å². The van der Waals surface area contributed by atoms with Crippen molar-refractivity contribution in [3.8, 4) is 5.75 Å². The molecule has 6 heteroatoms. The third-order valence-corrected chi connectivity index (χ3v) is 5.39. The highest BCUT2D eigenvalue weighted by atomic mass is 79.9. The Morgan fingerprint density at radius 3 is 2.11 bits per heavy atom. The number of amides is 2. The molecule has 1 aliphatic rings. The fourth-order valence-corrected chi connectivity index (χ4v) is 3.48. The first kappa shape index (κ1) is 20.4. The van der Waals surface area contributed by atoms with E-state index in [9.17, 15) is 9.59 Å². The average Bonchev–Trinajstić information content (AvgIpc) is 2.74. The van der Waals surface area contributed by atoms with Crippen molar-refractivity contribution in [3.05, 3.63) is 64.6 Å². The summed E-state index contributed by atoms with van der Waals surface area (Å²) in [6.45, 7) is 2.33. The second kappa shape index (κ2) is 10.3. The van der Waals surface area contributed by atoms with E-state index in [2.05, 4.69) is 28.1 Å². The van der Waals surface area contributed by atoms with Gasteiger partial charge >= 0.3 is 0 Å². The summed E-state index contributed by atoms with van der Waals surface area (Å²) < 4.78 is 6.52. The molecule has 1 aliphatic heterocycles. The number of hydrogen-bond donors (Lipinski definition) is 0. The second-order valence-electron chi connectivity index (χ2n) is 6.84. The number of hydrogen-bond acceptors (Lipinski definition) is 3. The van der Waals surface area contributed by atoms with Gasteiger partial charge in [0.15, 0.2) is 6.61 Å². The van der Waals surface area contributed by atoms with Crippen LogP contribution in [0.4, 0.5) is 0 Å². The molecule has 0 radical (unpaired) electrons. The van der Waals surface area contributed by atoms with Crippen molar-refractivity contribution in [1.29, 1.82) is 0 Å². The lowest BCUT2D eigenvalue weighted by molar-refractivity contribution is -0.140. The molecule has 0 saturated carbocycles. The van der Waals surface area contributed by atoms with Crippen molar-refractivity contribution in [2.45, 2.75) is 19.3 Å². The van der Waals surface area contributed by atoms with E-state index < -0.39 is 0 Å². The van der Waals surface area contributed by atoms with Crippen LogP contribution in [0.3, 0.4) is 0 Å². The molecule has 0 spiro atoms. The number of rotatable bonds is 7. The Kier molecular flexibility index (Phi) is 7.48. The van der Waals surface area contributed by atoms with Gasteiger partial charge in [-0.1, -0.05) is 46.3 Å². The molecule has 2 aromatic rings. The topological polar surface area (TPSA) is 49.9 Å². The number of piperazine rings is 1. The van der Waals surface area contributed by atoms with Crippen LogP contribution in [0.2, 0.25) is 0 Å². The van der Waals surface area contributed by atoms with E-state index >= 15 is 0 Å². The van der Waals surface area contributed by atoms with Gasteiger partial charge in [-0.05, 0) is 42.7 Å². The van der Waals surface area contributed by atoms with Crippen molar-refractivity contribution < 1.29 is 14.3 Å². The molecule has 0 N–H and O–H groups in total. The van der Waals surface area contributed by atoms with Gasteiger partial charge in [0, 0.05) is 37.1 Å². The minimum absolute atomic E-state index is 0.0205. The zero-order chi connectivity index (χ0) is 19.8. The summed E-state index contributed by atoms with van der Waals surface area (Å²) in [5.74, 6) is 0.803. The third kappa shape index (κ3) is 6.09. The van der Waals surface area contributed by atoms with E-state index in [1.165, 1.54) is 5.56 Å². The maximum absolute atomic E-state index is 12.4. The summed E-state index contributed by atoms with van der Waals surface area (Å²) in [7, 11) is 0. The van der Waals surface area contributed by atoms with Gasteiger partial charge < -0.3 is 14.5 Å². The Labute approximate surface area is 174 Å². The molecule has 5 nitrogen and oxygen atoms in total. The van der Waals surface area contributed by atoms with E-state index in [0.29, 0.717) is 38.3 Å². The lowest BCUT2D eigenvalue weighted by Gasteiger charge is -2.34. The van der Waals surface area contributed by atoms with Crippen LogP contribution < -0.4 is 4.74 Å². The Morgan fingerprint density at radius 2 is 1.46 bits per heavy atom. The van der Waals surface area contributed by atoms with Crippen LogP contribution in [-0.4, -0.2) is 54.4 Å². The van der Waals surface area contributed by atoms with E-state index in [0.717, 1.165) is 17.3 Å². The molecular formula is C22H25BrN2O3. The molecule has 3 rings (SSSR count). The van der Waals surface area contributed by atoms with Gasteiger partial charge in [0.25, 0.3) is 5.91 Å². The SMILES string of the molecule is O=C(CCCc1ccccc1)N1CCN(C(=O)COc2ccc(Br)cc2)CC1. The first-order chi connectivity index (χ1) is 13.6. The highest BCUT2D eigenvalue weighted by molar-refractivity contribution is 9.10. The lowest BCUT2D eigenvalue weighted by Crippen LogP contribution is -2.51. The number of aryl methyl sites for hydroxylation is 1. The standard InChI is InChI=1S/C22H25BrN2O3/c23-19-9-11-20(12-10-19)28-17-22(27)25-15-13-24(14-16-25)21(26)8-4-7-18-5-2-1-3-6-18/h1-3,5-6,9-12H,4,7-8,13-17H2. The lowest BCUT2D eigenvalue weighted by atomic mass is 10.1. The second-order valence-corrected chi connectivity index (χ2v) is 7.76. The number of carbonyl (C=O) groups excluding carboxylic acids is 2. The van der Waals surface area contributed by atoms with Crippen LogP contribution in [0.25, 0.3) is 0 Å². The fraction of sp³-hybridized carbons (Fsp3) is 0.364. The van der Waals surface area contributed by atoms with Crippen LogP contribution in [0, 0.1) is 0 Å². The van der Waals surface area contributed by atoms with Crippen molar-refractivity contribution in [3.63, 3.8) is 0 Å². The molecule has 0 atom stereocenters. The molecule has 1 heterocycles. The quantitative estimate of drug-likeness (QED) is 0.656. The minimum atomic E-state index is -0.0425. The van der Waals surface area contributed by atoms with Gasteiger partial charge in [0.05, 0.1) is 0 Å². The van der Waals surface area contributed by atoms with E-state index in [4.69, 9.17) is 4.74 Å². The number of halogens is 1. The van der Waals surface area contributed by atoms with Gasteiger partial charge in [-0.2, -0.15) is 0 Å². The van der Waals surface area contributed by atoms with Gasteiger partial charge in [-0.15, -0.1) is 0 Å². The normalized spacial score (nSPS) is 14.0. The molecule has 0 aromatic heterocycles. The zero-order valence-electron chi connectivity index (χ0n) is 15.9. The fourth-order valence-electron chi connectivity index (χ4n) is 3.22. The predicted molar refractivity (Wildman–Crippen MR) is 112 cm³/mol. The monoisotopic (exact) mass is 444 g/mol. The summed E-state index contributed by atoms with van der Waals surface area (Å²) in [5.41, 5.74) is 1.26. The Hall–Kier alpha value is -2.34. The number of carbonyl (C=O) groups is 2. The Bertz CT molecular complexity index is 772. The van der Waals surface area contributed by atoms with Crippen molar-refractivity contribution in [2.75, 3.05) is 32.8 Å². The van der Waals surface area contributed by atoms with Gasteiger partial charge in [-0.3, -0.25) is 9.59 Å². The predicted octanol–water partition coefficient (Wildman–Crippen LogP) is 3.52. The van der Waals surface area contributed by atoms with E-state index in [-0.39, 0.29) is 18.4 Å². The first-order valence-electron chi connectivity index (χ1n) is 9.59. The highest BCUT2D eigenvalue weighted by Crippen LogP contribution is 2.16. The summed E-state index contributed by atoms with van der Waals surface area (Å²) in [4.78, 5) is 28.4. The summed E-state index contributed by atoms with van der Waals surface area (Å²) in [6.07, 6.45) is 2.32. The average molecular weight is 445 g/mol. The smallest absolute Gasteiger partial charge is 0.260 e. The number of benzene rings is 2. The zero-order valence-corrected chi connectivity index (χ0v) is 17.4. The maximum Gasteiger partial charge on any atom is 0.260 e. The van der Waals surface area contributed by atoms with Crippen LogP contribution >= 0.6 is 15.9 Å². The van der Waals surface area contributed by atoms with Crippen molar-refractivity contribution >= 4 is 27.7 Å².